The summed E-state index contributed by atoms with van der Waals surface area (Å²) >= 11 is 25.0. The molecule has 3 rings (SSSR count). The van der Waals surface area contributed by atoms with Gasteiger partial charge in [-0.15, -0.1) is 23.2 Å². The number of aryl methyl sites for hydroxylation is 1. The predicted octanol–water partition coefficient (Wildman–Crippen LogP) is 6.47. The van der Waals surface area contributed by atoms with Crippen molar-refractivity contribution in [3.8, 4) is 0 Å². The number of anilines is 1. The lowest BCUT2D eigenvalue weighted by atomic mass is 10.1. The van der Waals surface area contributed by atoms with Crippen molar-refractivity contribution in [2.24, 2.45) is 5.92 Å². The minimum absolute atomic E-state index is 0.236. The van der Waals surface area contributed by atoms with Crippen LogP contribution >= 0.6 is 46.4 Å². The van der Waals surface area contributed by atoms with E-state index in [1.807, 2.05) is 19.1 Å². The van der Waals surface area contributed by atoms with E-state index in [0.717, 1.165) is 16.7 Å². The van der Waals surface area contributed by atoms with Crippen LogP contribution < -0.4 is 5.32 Å². The number of hydrogen-bond donors (Lipinski definition) is 1. The fourth-order valence-electron chi connectivity index (χ4n) is 2.91. The second kappa shape index (κ2) is 6.85. The number of carbonyl (C=O) groups excluding carboxylic acids is 1. The van der Waals surface area contributed by atoms with E-state index in [1.165, 1.54) is 0 Å². The summed E-state index contributed by atoms with van der Waals surface area (Å²) in [7, 11) is 0. The van der Waals surface area contributed by atoms with Gasteiger partial charge >= 0.3 is 0 Å². The van der Waals surface area contributed by atoms with Crippen LogP contribution in [0.2, 0.25) is 10.0 Å². The van der Waals surface area contributed by atoms with Gasteiger partial charge in [-0.25, -0.2) is 0 Å². The summed E-state index contributed by atoms with van der Waals surface area (Å²) in [6.45, 7) is 5.57. The molecule has 1 N–H and O–H groups in total. The van der Waals surface area contributed by atoms with Crippen molar-refractivity contribution in [3.63, 3.8) is 0 Å². The Morgan fingerprint density at radius 2 is 1.88 bits per heavy atom. The van der Waals surface area contributed by atoms with Crippen LogP contribution in [0.15, 0.2) is 43.0 Å². The van der Waals surface area contributed by atoms with Crippen LogP contribution in [0.3, 0.4) is 0 Å². The Morgan fingerprint density at radius 3 is 2.48 bits per heavy atom. The molecule has 1 aliphatic carbocycles. The van der Waals surface area contributed by atoms with Gasteiger partial charge in [-0.3, -0.25) is 4.79 Å². The van der Waals surface area contributed by atoms with E-state index < -0.39 is 10.3 Å². The predicted molar refractivity (Wildman–Crippen MR) is 107 cm³/mol. The van der Waals surface area contributed by atoms with Gasteiger partial charge in [0.05, 0.1) is 5.92 Å². The third-order valence-corrected chi connectivity index (χ3v) is 6.06. The van der Waals surface area contributed by atoms with Gasteiger partial charge in [-0.05, 0) is 47.9 Å². The maximum Gasteiger partial charge on any atom is 0.231 e. The van der Waals surface area contributed by atoms with Gasteiger partial charge < -0.3 is 5.32 Å². The summed E-state index contributed by atoms with van der Waals surface area (Å²) in [5, 5.41) is 4.04. The molecule has 1 saturated carbocycles. The minimum atomic E-state index is -1.16. The smallest absolute Gasteiger partial charge is 0.231 e. The highest BCUT2D eigenvalue weighted by Gasteiger charge is 2.67. The van der Waals surface area contributed by atoms with E-state index in [0.29, 0.717) is 15.7 Å². The van der Waals surface area contributed by atoms with E-state index in [9.17, 15) is 4.79 Å². The number of nitrogens with one attached hydrogen (secondary N) is 1. The van der Waals surface area contributed by atoms with Gasteiger partial charge in [0.2, 0.25) is 5.91 Å². The Balaban J connectivity index is 1.80. The maximum atomic E-state index is 12.6. The molecule has 0 aliphatic heterocycles. The first-order valence-corrected chi connectivity index (χ1v) is 9.13. The highest BCUT2D eigenvalue weighted by Crippen LogP contribution is 2.65. The summed E-state index contributed by atoms with van der Waals surface area (Å²) in [4.78, 5) is 12.6. The molecular formula is C19H15Cl4NO. The van der Waals surface area contributed by atoms with Crippen molar-refractivity contribution in [2.45, 2.75) is 17.2 Å². The molecule has 0 saturated heterocycles. The Morgan fingerprint density at radius 1 is 1.16 bits per heavy atom. The summed E-state index contributed by atoms with van der Waals surface area (Å²) < 4.78 is -1.16. The fourth-order valence-corrected chi connectivity index (χ4v) is 4.12. The van der Waals surface area contributed by atoms with Gasteiger partial charge in [0.25, 0.3) is 0 Å². The fraction of sp³-hybridized carbons (Fsp3) is 0.211. The zero-order valence-corrected chi connectivity index (χ0v) is 16.3. The van der Waals surface area contributed by atoms with Crippen molar-refractivity contribution in [1.29, 1.82) is 0 Å². The van der Waals surface area contributed by atoms with Crippen molar-refractivity contribution < 1.29 is 4.79 Å². The first kappa shape index (κ1) is 18.6. The van der Waals surface area contributed by atoms with E-state index in [4.69, 9.17) is 46.4 Å². The number of amides is 1. The largest absolute Gasteiger partial charge is 0.326 e. The highest BCUT2D eigenvalue weighted by atomic mass is 35.5. The standard InChI is InChI=1S/C19H15Cl4NO/c1-3-11-4-5-12(9-15(11)21)16-17(19(16,22)23)18(25)24-13-6-7-14(20)10(2)8-13/h3-9,16-17H,1H2,2H3,(H,24,25). The molecule has 0 bridgehead atoms. The maximum absolute atomic E-state index is 12.6. The molecule has 1 amide bonds. The van der Waals surface area contributed by atoms with E-state index in [2.05, 4.69) is 11.9 Å². The second-order valence-electron chi connectivity index (χ2n) is 6.07. The van der Waals surface area contributed by atoms with Crippen molar-refractivity contribution in [2.75, 3.05) is 5.32 Å². The summed E-state index contributed by atoms with van der Waals surface area (Å²) in [6.07, 6.45) is 1.67. The molecule has 130 valence electrons. The van der Waals surface area contributed by atoms with E-state index >= 15 is 0 Å². The average Bonchev–Trinajstić information content (AvgIpc) is 3.13. The van der Waals surface area contributed by atoms with Crippen LogP contribution in [-0.4, -0.2) is 10.2 Å². The van der Waals surface area contributed by atoms with Gasteiger partial charge in [0.1, 0.15) is 4.33 Å². The van der Waals surface area contributed by atoms with Crippen molar-refractivity contribution >= 4 is 64.1 Å². The van der Waals surface area contributed by atoms with Crippen molar-refractivity contribution in [1.82, 2.24) is 0 Å². The quantitative estimate of drug-likeness (QED) is 0.570. The topological polar surface area (TPSA) is 29.1 Å². The SMILES string of the molecule is C=Cc1ccc(C2C(C(=O)Nc3ccc(Cl)c(C)c3)C2(Cl)Cl)cc1Cl. The molecule has 2 nitrogen and oxygen atoms in total. The Kier molecular flexibility index (Phi) is 5.09. The Labute approximate surface area is 166 Å². The van der Waals surface area contributed by atoms with E-state index in [1.54, 1.807) is 30.3 Å². The summed E-state index contributed by atoms with van der Waals surface area (Å²) in [5.41, 5.74) is 3.18. The molecule has 0 spiro atoms. The van der Waals surface area contributed by atoms with Crippen LogP contribution in [0.1, 0.15) is 22.6 Å². The van der Waals surface area contributed by atoms with Gasteiger partial charge in [0, 0.05) is 21.7 Å². The van der Waals surface area contributed by atoms with Crippen LogP contribution in [0, 0.1) is 12.8 Å². The van der Waals surface area contributed by atoms with Crippen LogP contribution in [-0.2, 0) is 4.79 Å². The van der Waals surface area contributed by atoms with Gasteiger partial charge in [-0.2, -0.15) is 0 Å². The lowest BCUT2D eigenvalue weighted by Gasteiger charge is -2.07. The number of carbonyl (C=O) groups is 1. The normalized spacial score (nSPS) is 20.8. The molecule has 2 atom stereocenters. The molecule has 0 radical (unpaired) electrons. The molecule has 0 aromatic heterocycles. The molecule has 25 heavy (non-hydrogen) atoms. The molecule has 2 aromatic carbocycles. The molecule has 1 fully saturated rings. The second-order valence-corrected chi connectivity index (χ2v) is 8.33. The molecule has 2 unspecified atom stereocenters. The van der Waals surface area contributed by atoms with Gasteiger partial charge in [-0.1, -0.05) is 48.0 Å². The van der Waals surface area contributed by atoms with E-state index in [-0.39, 0.29) is 11.8 Å². The monoisotopic (exact) mass is 413 g/mol. The zero-order valence-electron chi connectivity index (χ0n) is 13.3. The molecular weight excluding hydrogens is 400 g/mol. The van der Waals surface area contributed by atoms with Gasteiger partial charge in [0.15, 0.2) is 0 Å². The van der Waals surface area contributed by atoms with Crippen LogP contribution in [0.4, 0.5) is 5.69 Å². The third-order valence-electron chi connectivity index (χ3n) is 4.37. The lowest BCUT2D eigenvalue weighted by molar-refractivity contribution is -0.117. The Hall–Kier alpha value is -1.19. The third kappa shape index (κ3) is 3.54. The minimum Gasteiger partial charge on any atom is -0.326 e. The number of rotatable bonds is 4. The van der Waals surface area contributed by atoms with Crippen molar-refractivity contribution in [3.05, 3.63) is 69.7 Å². The molecule has 1 aliphatic rings. The summed E-state index contributed by atoms with van der Waals surface area (Å²) in [5.74, 6) is -1.11. The molecule has 2 aromatic rings. The van der Waals surface area contributed by atoms with Crippen LogP contribution in [0.5, 0.6) is 0 Å². The average molecular weight is 415 g/mol. The zero-order chi connectivity index (χ0) is 18.4. The summed E-state index contributed by atoms with van der Waals surface area (Å²) in [6, 6.07) is 10.8. The number of hydrogen-bond acceptors (Lipinski definition) is 1. The number of halogens is 4. The molecule has 6 heteroatoms. The first-order valence-electron chi connectivity index (χ1n) is 7.62. The van der Waals surface area contributed by atoms with Crippen LogP contribution in [0.25, 0.3) is 6.08 Å². The first-order chi connectivity index (χ1) is 11.8. The highest BCUT2D eigenvalue weighted by molar-refractivity contribution is 6.53. The molecule has 0 heterocycles. The number of benzene rings is 2. The lowest BCUT2D eigenvalue weighted by Crippen LogP contribution is -2.17. The Bertz CT molecular complexity index is 862. The number of alkyl halides is 2.